The van der Waals surface area contributed by atoms with Gasteiger partial charge in [0.15, 0.2) is 9.84 Å². The van der Waals surface area contributed by atoms with Crippen LogP contribution in [0, 0.1) is 0 Å². The Morgan fingerprint density at radius 3 is 2.38 bits per heavy atom. The zero-order valence-electron chi connectivity index (χ0n) is 11.5. The molecule has 0 saturated heterocycles. The molecule has 112 valence electrons. The molecule has 0 saturated carbocycles. The van der Waals surface area contributed by atoms with Crippen LogP contribution in [0.4, 0.5) is 0 Å². The molecule has 6 heteroatoms. The molecular formula is C15H16BrNO2S2. The van der Waals surface area contributed by atoms with Crippen molar-refractivity contribution in [3.63, 3.8) is 0 Å². The number of rotatable bonds is 5. The van der Waals surface area contributed by atoms with Crippen LogP contribution in [-0.4, -0.2) is 21.2 Å². The highest BCUT2D eigenvalue weighted by atomic mass is 79.9. The van der Waals surface area contributed by atoms with E-state index in [0.717, 1.165) is 14.9 Å². The Balaban J connectivity index is 2.19. The van der Waals surface area contributed by atoms with Crippen LogP contribution in [0.2, 0.25) is 0 Å². The second-order valence-electron chi connectivity index (χ2n) is 4.64. The summed E-state index contributed by atoms with van der Waals surface area (Å²) in [5.74, 6) is 0. The molecule has 1 atom stereocenters. The average molecular weight is 386 g/mol. The number of hydrogen-bond acceptors (Lipinski definition) is 4. The number of nitrogens with two attached hydrogens (primary N) is 1. The average Bonchev–Trinajstić information content (AvgIpc) is 2.44. The summed E-state index contributed by atoms with van der Waals surface area (Å²) in [6.45, 7) is 0.509. The molecule has 2 rings (SSSR count). The summed E-state index contributed by atoms with van der Waals surface area (Å²) < 4.78 is 23.9. The van der Waals surface area contributed by atoms with Gasteiger partial charge in [-0.05, 0) is 42.0 Å². The molecular weight excluding hydrogens is 370 g/mol. The summed E-state index contributed by atoms with van der Waals surface area (Å²) in [5.41, 5.74) is 7.01. The van der Waals surface area contributed by atoms with Crippen molar-refractivity contribution in [1.82, 2.24) is 0 Å². The van der Waals surface area contributed by atoms with Gasteiger partial charge in [0, 0.05) is 27.4 Å². The third-order valence-electron chi connectivity index (χ3n) is 2.96. The molecule has 0 aromatic heterocycles. The summed E-state index contributed by atoms with van der Waals surface area (Å²) in [6.07, 6.45) is 1.21. The van der Waals surface area contributed by atoms with Gasteiger partial charge in [0.25, 0.3) is 0 Å². The first kappa shape index (κ1) is 16.5. The van der Waals surface area contributed by atoms with Gasteiger partial charge < -0.3 is 5.73 Å². The molecule has 0 spiro atoms. The maximum Gasteiger partial charge on any atom is 0.175 e. The smallest absolute Gasteiger partial charge is 0.175 e. The zero-order chi connectivity index (χ0) is 15.5. The molecule has 2 aromatic carbocycles. The minimum Gasteiger partial charge on any atom is -0.329 e. The number of thioether (sulfide) groups is 1. The predicted molar refractivity (Wildman–Crippen MR) is 91.3 cm³/mol. The predicted octanol–water partition coefficient (Wildman–Crippen LogP) is 3.64. The van der Waals surface area contributed by atoms with Crippen molar-refractivity contribution < 1.29 is 8.42 Å². The Morgan fingerprint density at radius 1 is 1.19 bits per heavy atom. The van der Waals surface area contributed by atoms with Gasteiger partial charge in [-0.3, -0.25) is 0 Å². The van der Waals surface area contributed by atoms with Crippen LogP contribution in [0.5, 0.6) is 0 Å². The first-order chi connectivity index (χ1) is 9.90. The van der Waals surface area contributed by atoms with E-state index in [4.69, 9.17) is 5.73 Å². The van der Waals surface area contributed by atoms with Crippen LogP contribution in [0.1, 0.15) is 10.8 Å². The standard InChI is InChI=1S/C15H16BrNO2S2/c1-21(18,19)14-7-5-13(6-8-14)20-15(10-17)11-3-2-4-12(16)9-11/h2-9,15H,10,17H2,1H3. The van der Waals surface area contributed by atoms with Gasteiger partial charge in [0.1, 0.15) is 0 Å². The quantitative estimate of drug-likeness (QED) is 0.797. The molecule has 2 N–H and O–H groups in total. The van der Waals surface area contributed by atoms with Gasteiger partial charge in [-0.15, -0.1) is 11.8 Å². The van der Waals surface area contributed by atoms with Crippen molar-refractivity contribution in [3.8, 4) is 0 Å². The van der Waals surface area contributed by atoms with E-state index in [9.17, 15) is 8.42 Å². The fourth-order valence-electron chi connectivity index (χ4n) is 1.89. The summed E-state index contributed by atoms with van der Waals surface area (Å²) in [4.78, 5) is 1.33. The summed E-state index contributed by atoms with van der Waals surface area (Å²) in [6, 6.07) is 15.0. The van der Waals surface area contributed by atoms with Gasteiger partial charge in [-0.2, -0.15) is 0 Å². The summed E-state index contributed by atoms with van der Waals surface area (Å²) in [5, 5.41) is 0.131. The Hall–Kier alpha value is -0.820. The maximum absolute atomic E-state index is 11.4. The molecule has 21 heavy (non-hydrogen) atoms. The number of benzene rings is 2. The second kappa shape index (κ2) is 6.96. The Labute approximate surface area is 138 Å². The molecule has 0 radical (unpaired) electrons. The lowest BCUT2D eigenvalue weighted by atomic mass is 10.1. The van der Waals surface area contributed by atoms with Crippen molar-refractivity contribution >= 4 is 37.5 Å². The second-order valence-corrected chi connectivity index (χ2v) is 8.85. The Bertz CT molecular complexity index is 715. The third kappa shape index (κ3) is 4.57. The molecule has 0 bridgehead atoms. The highest BCUT2D eigenvalue weighted by Crippen LogP contribution is 2.35. The minimum atomic E-state index is -3.15. The lowest BCUT2D eigenvalue weighted by Gasteiger charge is -2.15. The van der Waals surface area contributed by atoms with E-state index in [-0.39, 0.29) is 5.25 Å². The van der Waals surface area contributed by atoms with Crippen molar-refractivity contribution in [2.75, 3.05) is 12.8 Å². The van der Waals surface area contributed by atoms with E-state index in [2.05, 4.69) is 22.0 Å². The topological polar surface area (TPSA) is 60.2 Å². The van der Waals surface area contributed by atoms with Gasteiger partial charge in [0.2, 0.25) is 0 Å². The van der Waals surface area contributed by atoms with Gasteiger partial charge in [-0.25, -0.2) is 8.42 Å². The monoisotopic (exact) mass is 385 g/mol. The molecule has 0 amide bonds. The van der Waals surface area contributed by atoms with E-state index in [0.29, 0.717) is 11.4 Å². The van der Waals surface area contributed by atoms with E-state index in [1.807, 2.05) is 30.3 Å². The minimum absolute atomic E-state index is 0.131. The number of hydrogen-bond donors (Lipinski definition) is 1. The molecule has 0 aliphatic carbocycles. The fourth-order valence-corrected chi connectivity index (χ4v) is 3.94. The van der Waals surface area contributed by atoms with Crippen LogP contribution in [0.3, 0.4) is 0 Å². The van der Waals surface area contributed by atoms with Gasteiger partial charge in [0.05, 0.1) is 4.90 Å². The van der Waals surface area contributed by atoms with Crippen molar-refractivity contribution in [3.05, 3.63) is 58.6 Å². The third-order valence-corrected chi connectivity index (χ3v) is 5.88. The summed E-state index contributed by atoms with van der Waals surface area (Å²) >= 11 is 5.09. The molecule has 0 aliphatic rings. The van der Waals surface area contributed by atoms with Crippen LogP contribution in [0.25, 0.3) is 0 Å². The van der Waals surface area contributed by atoms with Crippen molar-refractivity contribution in [2.24, 2.45) is 5.73 Å². The maximum atomic E-state index is 11.4. The van der Waals surface area contributed by atoms with Crippen LogP contribution < -0.4 is 5.73 Å². The normalized spacial score (nSPS) is 13.1. The molecule has 3 nitrogen and oxygen atoms in total. The fraction of sp³-hybridized carbons (Fsp3) is 0.200. The number of sulfone groups is 1. The van der Waals surface area contributed by atoms with E-state index < -0.39 is 9.84 Å². The highest BCUT2D eigenvalue weighted by Gasteiger charge is 2.13. The van der Waals surface area contributed by atoms with Crippen molar-refractivity contribution in [1.29, 1.82) is 0 Å². The van der Waals surface area contributed by atoms with Crippen LogP contribution >= 0.6 is 27.7 Å². The lowest BCUT2D eigenvalue weighted by molar-refractivity contribution is 0.602. The largest absolute Gasteiger partial charge is 0.329 e. The Morgan fingerprint density at radius 2 is 1.86 bits per heavy atom. The van der Waals surface area contributed by atoms with Gasteiger partial charge >= 0.3 is 0 Å². The highest BCUT2D eigenvalue weighted by molar-refractivity contribution is 9.10. The van der Waals surface area contributed by atoms with E-state index in [1.54, 1.807) is 23.9 Å². The zero-order valence-corrected chi connectivity index (χ0v) is 14.7. The van der Waals surface area contributed by atoms with Crippen LogP contribution in [0.15, 0.2) is 62.8 Å². The lowest BCUT2D eigenvalue weighted by Crippen LogP contribution is -2.09. The molecule has 0 aliphatic heterocycles. The molecule has 0 heterocycles. The van der Waals surface area contributed by atoms with Crippen LogP contribution in [-0.2, 0) is 9.84 Å². The van der Waals surface area contributed by atoms with Gasteiger partial charge in [-0.1, -0.05) is 28.1 Å². The SMILES string of the molecule is CS(=O)(=O)c1ccc(SC(CN)c2cccc(Br)c2)cc1. The van der Waals surface area contributed by atoms with Crippen molar-refractivity contribution in [2.45, 2.75) is 15.0 Å². The first-order valence-corrected chi connectivity index (χ1v) is 9.89. The number of halogens is 1. The molecule has 2 aromatic rings. The van der Waals surface area contributed by atoms with E-state index >= 15 is 0 Å². The molecule has 1 unspecified atom stereocenters. The molecule has 0 fully saturated rings. The summed E-state index contributed by atoms with van der Waals surface area (Å²) in [7, 11) is -3.15. The Kier molecular flexibility index (Phi) is 5.48. The first-order valence-electron chi connectivity index (χ1n) is 6.32. The van der Waals surface area contributed by atoms with E-state index in [1.165, 1.54) is 6.26 Å².